The molecule has 28 heavy (non-hydrogen) atoms. The van der Waals surface area contributed by atoms with Crippen LogP contribution in [0, 0.1) is 6.92 Å². The summed E-state index contributed by atoms with van der Waals surface area (Å²) in [6.45, 7) is 7.34. The topological polar surface area (TPSA) is 52.6 Å². The van der Waals surface area contributed by atoms with Crippen molar-refractivity contribution in [3.63, 3.8) is 0 Å². The standard InChI is InChI=1S/C23H33N5/c1-18-9-10-20(16-26-18)11-13-25-23(24-3)27-22-12-14-28(19(2)15-22)17-21-7-5-4-6-8-21/h4-10,16,19,22H,11-15,17H2,1-3H3,(H2,24,25,27). The quantitative estimate of drug-likeness (QED) is 0.598. The van der Waals surface area contributed by atoms with Crippen molar-refractivity contribution in [1.29, 1.82) is 0 Å². The van der Waals surface area contributed by atoms with Crippen molar-refractivity contribution in [2.45, 2.75) is 51.7 Å². The van der Waals surface area contributed by atoms with Gasteiger partial charge in [-0.25, -0.2) is 0 Å². The third-order valence-electron chi connectivity index (χ3n) is 5.49. The van der Waals surface area contributed by atoms with Crippen LogP contribution in [0.1, 0.15) is 36.6 Å². The molecule has 0 radical (unpaired) electrons. The average molecular weight is 380 g/mol. The van der Waals surface area contributed by atoms with Crippen LogP contribution in [-0.2, 0) is 13.0 Å². The molecule has 0 bridgehead atoms. The fraction of sp³-hybridized carbons (Fsp3) is 0.478. The fourth-order valence-corrected chi connectivity index (χ4v) is 3.76. The van der Waals surface area contributed by atoms with Crippen LogP contribution in [0.25, 0.3) is 0 Å². The van der Waals surface area contributed by atoms with Crippen molar-refractivity contribution < 1.29 is 0 Å². The number of hydrogen-bond donors (Lipinski definition) is 2. The van der Waals surface area contributed by atoms with Gasteiger partial charge in [0.15, 0.2) is 5.96 Å². The van der Waals surface area contributed by atoms with E-state index in [1.54, 1.807) is 0 Å². The van der Waals surface area contributed by atoms with Gasteiger partial charge in [0.25, 0.3) is 0 Å². The van der Waals surface area contributed by atoms with Gasteiger partial charge in [0, 0.05) is 50.7 Å². The van der Waals surface area contributed by atoms with Gasteiger partial charge in [0.2, 0.25) is 0 Å². The van der Waals surface area contributed by atoms with Crippen LogP contribution in [0.5, 0.6) is 0 Å². The largest absolute Gasteiger partial charge is 0.356 e. The summed E-state index contributed by atoms with van der Waals surface area (Å²) in [6, 6.07) is 16.0. The van der Waals surface area contributed by atoms with Gasteiger partial charge in [-0.15, -0.1) is 0 Å². The number of aryl methyl sites for hydroxylation is 1. The van der Waals surface area contributed by atoms with E-state index in [0.717, 1.165) is 50.6 Å². The Kier molecular flexibility index (Phi) is 7.43. The third-order valence-corrected chi connectivity index (χ3v) is 5.49. The molecular weight excluding hydrogens is 346 g/mol. The molecule has 0 amide bonds. The summed E-state index contributed by atoms with van der Waals surface area (Å²) in [6.07, 6.45) is 5.17. The Morgan fingerprint density at radius 2 is 2.00 bits per heavy atom. The number of aliphatic imine (C=N–C) groups is 1. The summed E-state index contributed by atoms with van der Waals surface area (Å²) in [4.78, 5) is 11.3. The lowest BCUT2D eigenvalue weighted by Crippen LogP contribution is -2.51. The van der Waals surface area contributed by atoms with Crippen LogP contribution in [-0.4, -0.2) is 48.1 Å². The van der Waals surface area contributed by atoms with E-state index in [4.69, 9.17) is 0 Å². The molecule has 0 aliphatic carbocycles. The lowest BCUT2D eigenvalue weighted by molar-refractivity contribution is 0.134. The van der Waals surface area contributed by atoms with Crippen molar-refractivity contribution in [3.05, 3.63) is 65.5 Å². The molecule has 1 fully saturated rings. The highest BCUT2D eigenvalue weighted by atomic mass is 15.2. The highest BCUT2D eigenvalue weighted by Gasteiger charge is 2.25. The predicted octanol–water partition coefficient (Wildman–Crippen LogP) is 3.15. The zero-order valence-corrected chi connectivity index (χ0v) is 17.4. The molecule has 2 atom stereocenters. The highest BCUT2D eigenvalue weighted by molar-refractivity contribution is 5.79. The lowest BCUT2D eigenvalue weighted by atomic mass is 9.97. The molecule has 3 rings (SSSR count). The molecule has 2 heterocycles. The number of likely N-dealkylation sites (tertiary alicyclic amines) is 1. The molecule has 2 unspecified atom stereocenters. The maximum absolute atomic E-state index is 4.40. The number of benzene rings is 1. The molecule has 2 N–H and O–H groups in total. The Morgan fingerprint density at radius 1 is 1.18 bits per heavy atom. The van der Waals surface area contributed by atoms with E-state index in [1.807, 2.05) is 20.2 Å². The lowest BCUT2D eigenvalue weighted by Gasteiger charge is -2.38. The van der Waals surface area contributed by atoms with E-state index in [0.29, 0.717) is 12.1 Å². The minimum absolute atomic E-state index is 0.467. The van der Waals surface area contributed by atoms with E-state index in [9.17, 15) is 0 Å². The van der Waals surface area contributed by atoms with Gasteiger partial charge >= 0.3 is 0 Å². The smallest absolute Gasteiger partial charge is 0.191 e. The first kappa shape index (κ1) is 20.3. The molecule has 1 aliphatic rings. The second-order valence-electron chi connectivity index (χ2n) is 7.73. The Morgan fingerprint density at radius 3 is 2.68 bits per heavy atom. The first-order chi connectivity index (χ1) is 13.6. The monoisotopic (exact) mass is 379 g/mol. The summed E-state index contributed by atoms with van der Waals surface area (Å²) < 4.78 is 0. The molecule has 5 heteroatoms. The fourth-order valence-electron chi connectivity index (χ4n) is 3.76. The van der Waals surface area contributed by atoms with Gasteiger partial charge in [-0.1, -0.05) is 36.4 Å². The van der Waals surface area contributed by atoms with Crippen molar-refractivity contribution >= 4 is 5.96 Å². The van der Waals surface area contributed by atoms with Crippen LogP contribution in [0.4, 0.5) is 0 Å². The number of aromatic nitrogens is 1. The van der Waals surface area contributed by atoms with E-state index < -0.39 is 0 Å². The number of piperidine rings is 1. The molecule has 1 aliphatic heterocycles. The number of nitrogens with zero attached hydrogens (tertiary/aromatic N) is 3. The zero-order chi connectivity index (χ0) is 19.8. The first-order valence-electron chi connectivity index (χ1n) is 10.3. The Labute approximate surface area is 169 Å². The van der Waals surface area contributed by atoms with Gasteiger partial charge in [0.1, 0.15) is 0 Å². The van der Waals surface area contributed by atoms with Crippen LogP contribution in [0.3, 0.4) is 0 Å². The van der Waals surface area contributed by atoms with Crippen LogP contribution < -0.4 is 10.6 Å². The van der Waals surface area contributed by atoms with E-state index in [1.165, 1.54) is 11.1 Å². The summed E-state index contributed by atoms with van der Waals surface area (Å²) in [5, 5.41) is 7.06. The van der Waals surface area contributed by atoms with Crippen molar-refractivity contribution in [1.82, 2.24) is 20.5 Å². The molecular formula is C23H33N5. The van der Waals surface area contributed by atoms with Crippen LogP contribution >= 0.6 is 0 Å². The van der Waals surface area contributed by atoms with Gasteiger partial charge in [-0.05, 0) is 50.3 Å². The summed E-state index contributed by atoms with van der Waals surface area (Å²) >= 11 is 0. The van der Waals surface area contributed by atoms with Crippen LogP contribution in [0.2, 0.25) is 0 Å². The minimum atomic E-state index is 0.467. The van der Waals surface area contributed by atoms with Crippen molar-refractivity contribution in [2.75, 3.05) is 20.1 Å². The Bertz CT molecular complexity index is 741. The van der Waals surface area contributed by atoms with Gasteiger partial charge in [0.05, 0.1) is 0 Å². The molecule has 5 nitrogen and oxygen atoms in total. The van der Waals surface area contributed by atoms with Crippen molar-refractivity contribution in [3.8, 4) is 0 Å². The SMILES string of the molecule is CN=C(NCCc1ccc(C)nc1)NC1CCN(Cc2ccccc2)C(C)C1. The zero-order valence-electron chi connectivity index (χ0n) is 17.4. The maximum atomic E-state index is 4.40. The second-order valence-corrected chi connectivity index (χ2v) is 7.73. The molecule has 1 saturated heterocycles. The molecule has 1 aromatic carbocycles. The minimum Gasteiger partial charge on any atom is -0.356 e. The third kappa shape index (κ3) is 6.06. The number of rotatable bonds is 6. The Hall–Kier alpha value is -2.40. The molecule has 0 saturated carbocycles. The molecule has 1 aromatic heterocycles. The van der Waals surface area contributed by atoms with E-state index in [2.05, 4.69) is 74.9 Å². The Balaban J connectivity index is 1.42. The molecule has 2 aromatic rings. The van der Waals surface area contributed by atoms with Gasteiger partial charge in [-0.2, -0.15) is 0 Å². The normalized spacial score (nSPS) is 20.8. The summed E-state index contributed by atoms with van der Waals surface area (Å²) in [5.74, 6) is 0.897. The van der Waals surface area contributed by atoms with Gasteiger partial charge in [-0.3, -0.25) is 14.9 Å². The average Bonchev–Trinajstić information content (AvgIpc) is 2.71. The molecule has 0 spiro atoms. The van der Waals surface area contributed by atoms with E-state index in [-0.39, 0.29) is 0 Å². The van der Waals surface area contributed by atoms with Gasteiger partial charge < -0.3 is 10.6 Å². The molecule has 150 valence electrons. The highest BCUT2D eigenvalue weighted by Crippen LogP contribution is 2.19. The number of pyridine rings is 1. The van der Waals surface area contributed by atoms with Crippen LogP contribution in [0.15, 0.2) is 53.7 Å². The summed E-state index contributed by atoms with van der Waals surface area (Å²) in [7, 11) is 1.84. The van der Waals surface area contributed by atoms with E-state index >= 15 is 0 Å². The second kappa shape index (κ2) is 10.2. The maximum Gasteiger partial charge on any atom is 0.191 e. The number of nitrogens with one attached hydrogen (secondary N) is 2. The first-order valence-corrected chi connectivity index (χ1v) is 10.3. The number of hydrogen-bond acceptors (Lipinski definition) is 3. The predicted molar refractivity (Wildman–Crippen MR) is 117 cm³/mol. The van der Waals surface area contributed by atoms with Crippen molar-refractivity contribution in [2.24, 2.45) is 4.99 Å². The summed E-state index contributed by atoms with van der Waals surface area (Å²) in [5.41, 5.74) is 3.70. The number of guanidine groups is 1.